The first-order valence-corrected chi connectivity index (χ1v) is 6.01. The van der Waals surface area contributed by atoms with E-state index in [4.69, 9.17) is 0 Å². The summed E-state index contributed by atoms with van der Waals surface area (Å²) < 4.78 is 0. The van der Waals surface area contributed by atoms with E-state index in [0.717, 1.165) is 17.9 Å². The molecule has 0 aliphatic carbocycles. The Labute approximate surface area is 89.1 Å². The van der Waals surface area contributed by atoms with Gasteiger partial charge in [0, 0.05) is 12.6 Å². The molecule has 1 aliphatic heterocycles. The quantitative estimate of drug-likeness (QED) is 0.743. The van der Waals surface area contributed by atoms with Gasteiger partial charge in [0.15, 0.2) is 0 Å². The van der Waals surface area contributed by atoms with E-state index in [2.05, 4.69) is 38.0 Å². The van der Waals surface area contributed by atoms with Crippen molar-refractivity contribution in [2.75, 3.05) is 26.7 Å². The number of piperidine rings is 1. The highest BCUT2D eigenvalue weighted by Gasteiger charge is 2.23. The van der Waals surface area contributed by atoms with E-state index in [1.54, 1.807) is 0 Å². The predicted octanol–water partition coefficient (Wildman–Crippen LogP) is 1.96. The summed E-state index contributed by atoms with van der Waals surface area (Å²) in [5.41, 5.74) is 0. The van der Waals surface area contributed by atoms with Gasteiger partial charge in [-0.05, 0) is 44.8 Å². The summed E-state index contributed by atoms with van der Waals surface area (Å²) in [6, 6.07) is 0.755. The molecule has 1 heterocycles. The van der Waals surface area contributed by atoms with Crippen LogP contribution in [0, 0.1) is 11.8 Å². The molecule has 0 radical (unpaired) electrons. The Balaban J connectivity index is 2.17. The molecule has 2 nitrogen and oxygen atoms in total. The molecule has 0 aromatic carbocycles. The van der Waals surface area contributed by atoms with E-state index < -0.39 is 0 Å². The molecular formula is C12H26N2. The number of rotatable bonds is 4. The lowest BCUT2D eigenvalue weighted by Crippen LogP contribution is -2.47. The summed E-state index contributed by atoms with van der Waals surface area (Å²) in [6.45, 7) is 10.6. The van der Waals surface area contributed by atoms with Gasteiger partial charge >= 0.3 is 0 Å². The topological polar surface area (TPSA) is 15.3 Å². The molecule has 1 fully saturated rings. The molecule has 0 spiro atoms. The highest BCUT2D eigenvalue weighted by molar-refractivity contribution is 4.81. The SMILES string of the molecule is CC(C)CCNC1CCN(C)CC1C. The van der Waals surface area contributed by atoms with Crippen molar-refractivity contribution in [3.8, 4) is 0 Å². The lowest BCUT2D eigenvalue weighted by molar-refractivity contribution is 0.174. The van der Waals surface area contributed by atoms with Crippen molar-refractivity contribution < 1.29 is 0 Å². The fourth-order valence-corrected chi connectivity index (χ4v) is 2.21. The van der Waals surface area contributed by atoms with Crippen molar-refractivity contribution in [1.82, 2.24) is 10.2 Å². The highest BCUT2D eigenvalue weighted by Crippen LogP contribution is 2.15. The zero-order valence-electron chi connectivity index (χ0n) is 10.2. The summed E-state index contributed by atoms with van der Waals surface area (Å²) in [4.78, 5) is 2.44. The molecule has 2 atom stereocenters. The van der Waals surface area contributed by atoms with Gasteiger partial charge in [-0.2, -0.15) is 0 Å². The van der Waals surface area contributed by atoms with Crippen LogP contribution in [0.5, 0.6) is 0 Å². The largest absolute Gasteiger partial charge is 0.314 e. The Morgan fingerprint density at radius 1 is 1.43 bits per heavy atom. The van der Waals surface area contributed by atoms with E-state index in [-0.39, 0.29) is 0 Å². The molecule has 0 saturated carbocycles. The first kappa shape index (κ1) is 12.0. The van der Waals surface area contributed by atoms with Crippen LogP contribution in [0.4, 0.5) is 0 Å². The molecular weight excluding hydrogens is 172 g/mol. The van der Waals surface area contributed by atoms with Crippen LogP contribution in [0.1, 0.15) is 33.6 Å². The minimum atomic E-state index is 0.755. The van der Waals surface area contributed by atoms with Gasteiger partial charge in [-0.25, -0.2) is 0 Å². The second-order valence-electron chi connectivity index (χ2n) is 5.27. The van der Waals surface area contributed by atoms with Gasteiger partial charge in [-0.3, -0.25) is 0 Å². The lowest BCUT2D eigenvalue weighted by atomic mass is 9.94. The van der Waals surface area contributed by atoms with Crippen molar-refractivity contribution in [2.24, 2.45) is 11.8 Å². The van der Waals surface area contributed by atoms with E-state index >= 15 is 0 Å². The molecule has 1 aliphatic rings. The first-order valence-electron chi connectivity index (χ1n) is 6.01. The number of hydrogen-bond donors (Lipinski definition) is 1. The Morgan fingerprint density at radius 3 is 2.71 bits per heavy atom. The molecule has 2 unspecified atom stereocenters. The van der Waals surface area contributed by atoms with Gasteiger partial charge in [0.05, 0.1) is 0 Å². The molecule has 0 aromatic heterocycles. The summed E-state index contributed by atoms with van der Waals surface area (Å²) in [5.74, 6) is 1.63. The maximum Gasteiger partial charge on any atom is 0.0117 e. The molecule has 1 N–H and O–H groups in total. The normalized spacial score (nSPS) is 29.8. The van der Waals surface area contributed by atoms with Crippen molar-refractivity contribution in [3.63, 3.8) is 0 Å². The zero-order chi connectivity index (χ0) is 10.6. The van der Waals surface area contributed by atoms with Gasteiger partial charge in [0.25, 0.3) is 0 Å². The fourth-order valence-electron chi connectivity index (χ4n) is 2.21. The van der Waals surface area contributed by atoms with Crippen LogP contribution in [-0.4, -0.2) is 37.6 Å². The van der Waals surface area contributed by atoms with Crippen LogP contribution < -0.4 is 5.32 Å². The van der Waals surface area contributed by atoms with Crippen LogP contribution in [0.3, 0.4) is 0 Å². The monoisotopic (exact) mass is 198 g/mol. The molecule has 1 rings (SSSR count). The minimum Gasteiger partial charge on any atom is -0.314 e. The highest BCUT2D eigenvalue weighted by atomic mass is 15.1. The van der Waals surface area contributed by atoms with Gasteiger partial charge in [-0.1, -0.05) is 20.8 Å². The standard InChI is InChI=1S/C12H26N2/c1-10(2)5-7-13-12-6-8-14(4)9-11(12)3/h10-13H,5-9H2,1-4H3. The predicted molar refractivity (Wildman–Crippen MR) is 62.5 cm³/mol. The number of hydrogen-bond acceptors (Lipinski definition) is 2. The van der Waals surface area contributed by atoms with Crippen LogP contribution in [0.2, 0.25) is 0 Å². The molecule has 0 bridgehead atoms. The summed E-state index contributed by atoms with van der Waals surface area (Å²) in [6.07, 6.45) is 2.62. The third-order valence-corrected chi connectivity index (χ3v) is 3.24. The van der Waals surface area contributed by atoms with Gasteiger partial charge in [0.1, 0.15) is 0 Å². The minimum absolute atomic E-state index is 0.755. The van der Waals surface area contributed by atoms with E-state index in [9.17, 15) is 0 Å². The van der Waals surface area contributed by atoms with Gasteiger partial charge in [0.2, 0.25) is 0 Å². The van der Waals surface area contributed by atoms with E-state index in [1.807, 2.05) is 0 Å². The van der Waals surface area contributed by atoms with Crippen LogP contribution in [0.15, 0.2) is 0 Å². The third kappa shape index (κ3) is 3.97. The van der Waals surface area contributed by atoms with E-state index in [1.165, 1.54) is 32.5 Å². The zero-order valence-corrected chi connectivity index (χ0v) is 10.2. The Morgan fingerprint density at radius 2 is 2.14 bits per heavy atom. The Bertz CT molecular complexity index is 156. The Kier molecular flexibility index (Phi) is 4.90. The first-order chi connectivity index (χ1) is 6.59. The van der Waals surface area contributed by atoms with Gasteiger partial charge in [-0.15, -0.1) is 0 Å². The van der Waals surface area contributed by atoms with Gasteiger partial charge < -0.3 is 10.2 Å². The molecule has 0 aromatic rings. The molecule has 2 heteroatoms. The summed E-state index contributed by atoms with van der Waals surface area (Å²) in [7, 11) is 2.22. The molecule has 0 amide bonds. The molecule has 84 valence electrons. The number of likely N-dealkylation sites (tertiary alicyclic amines) is 1. The van der Waals surface area contributed by atoms with E-state index in [0.29, 0.717) is 0 Å². The van der Waals surface area contributed by atoms with Crippen molar-refractivity contribution in [1.29, 1.82) is 0 Å². The van der Waals surface area contributed by atoms with Crippen LogP contribution in [-0.2, 0) is 0 Å². The summed E-state index contributed by atoms with van der Waals surface area (Å²) in [5, 5.41) is 3.70. The van der Waals surface area contributed by atoms with Crippen molar-refractivity contribution >= 4 is 0 Å². The lowest BCUT2D eigenvalue weighted by Gasteiger charge is -2.35. The smallest absolute Gasteiger partial charge is 0.0117 e. The Hall–Kier alpha value is -0.0800. The average Bonchev–Trinajstić information content (AvgIpc) is 2.08. The van der Waals surface area contributed by atoms with Crippen molar-refractivity contribution in [3.05, 3.63) is 0 Å². The number of nitrogens with one attached hydrogen (secondary N) is 1. The number of nitrogens with zero attached hydrogens (tertiary/aromatic N) is 1. The maximum atomic E-state index is 3.70. The second-order valence-corrected chi connectivity index (χ2v) is 5.27. The van der Waals surface area contributed by atoms with Crippen LogP contribution in [0.25, 0.3) is 0 Å². The second kappa shape index (κ2) is 5.72. The maximum absolute atomic E-state index is 3.70. The van der Waals surface area contributed by atoms with Crippen LogP contribution >= 0.6 is 0 Å². The fraction of sp³-hybridized carbons (Fsp3) is 1.00. The summed E-state index contributed by atoms with van der Waals surface area (Å²) >= 11 is 0. The molecule has 14 heavy (non-hydrogen) atoms. The van der Waals surface area contributed by atoms with Crippen molar-refractivity contribution in [2.45, 2.75) is 39.7 Å². The molecule has 1 saturated heterocycles. The average molecular weight is 198 g/mol. The third-order valence-electron chi connectivity index (χ3n) is 3.24.